The lowest BCUT2D eigenvalue weighted by Crippen LogP contribution is -1.75. The highest BCUT2D eigenvalue weighted by molar-refractivity contribution is 5.27. The molecule has 0 fully saturated rings. The molecular weight excluding hydrogens is 108 g/mol. The Kier molecular flexibility index (Phi) is 2.32. The smallest absolute Gasteiger partial charge is 0.00486 e. The largest absolute Gasteiger partial charge is 0.0778 e. The minimum atomic E-state index is 0.863. The van der Waals surface area contributed by atoms with Crippen LogP contribution in [-0.4, -0.2) is 0 Å². The normalized spacial score (nSPS) is 23.8. The average Bonchev–Trinajstić information content (AvgIpc) is 2.48. The van der Waals surface area contributed by atoms with E-state index in [0.29, 0.717) is 0 Å². The van der Waals surface area contributed by atoms with Gasteiger partial charge in [0.1, 0.15) is 0 Å². The second kappa shape index (κ2) is 3.05. The second-order valence-corrected chi connectivity index (χ2v) is 2.99. The van der Waals surface area contributed by atoms with Crippen LogP contribution in [-0.2, 0) is 0 Å². The van der Waals surface area contributed by atoms with Crippen LogP contribution in [0, 0.1) is 5.92 Å². The minimum absolute atomic E-state index is 0.863. The van der Waals surface area contributed by atoms with E-state index in [1.807, 2.05) is 0 Å². The summed E-state index contributed by atoms with van der Waals surface area (Å²) >= 11 is 0. The molecule has 0 aromatic heterocycles. The molecule has 0 aliphatic heterocycles. The van der Waals surface area contributed by atoms with Gasteiger partial charge in [0.05, 0.1) is 0 Å². The van der Waals surface area contributed by atoms with E-state index in [-0.39, 0.29) is 0 Å². The van der Waals surface area contributed by atoms with Gasteiger partial charge in [-0.05, 0) is 18.8 Å². The Labute approximate surface area is 58.0 Å². The van der Waals surface area contributed by atoms with E-state index in [0.717, 1.165) is 5.92 Å². The second-order valence-electron chi connectivity index (χ2n) is 2.99. The van der Waals surface area contributed by atoms with Crippen molar-refractivity contribution in [2.45, 2.75) is 39.5 Å². The summed E-state index contributed by atoms with van der Waals surface area (Å²) in [6.45, 7) is 4.53. The third-order valence-electron chi connectivity index (χ3n) is 2.01. The van der Waals surface area contributed by atoms with Crippen molar-refractivity contribution >= 4 is 0 Å². The summed E-state index contributed by atoms with van der Waals surface area (Å²) in [6.07, 6.45) is 7.91. The lowest BCUT2D eigenvalue weighted by atomic mass is 10.1. The summed E-state index contributed by atoms with van der Waals surface area (Å²) in [5.41, 5.74) is 1.70. The quantitative estimate of drug-likeness (QED) is 0.399. The van der Waals surface area contributed by atoms with Gasteiger partial charge in [-0.25, -0.2) is 0 Å². The zero-order valence-corrected chi connectivity index (χ0v) is 6.48. The molecule has 0 aromatic carbocycles. The van der Waals surface area contributed by atoms with Crippen molar-refractivity contribution in [3.63, 3.8) is 0 Å². The number of hydrogen-bond acceptors (Lipinski definition) is 0. The molecule has 52 valence electrons. The predicted molar refractivity (Wildman–Crippen MR) is 41.4 cm³/mol. The SMILES string of the molecule is CCCCCC1=CC1C. The van der Waals surface area contributed by atoms with Crippen LogP contribution in [0.5, 0.6) is 0 Å². The van der Waals surface area contributed by atoms with Crippen molar-refractivity contribution in [3.05, 3.63) is 11.6 Å². The topological polar surface area (TPSA) is 0 Å². The van der Waals surface area contributed by atoms with Crippen LogP contribution >= 0.6 is 0 Å². The molecule has 1 rings (SSSR count). The first-order chi connectivity index (χ1) is 4.34. The third kappa shape index (κ3) is 2.21. The molecule has 0 aromatic rings. The highest BCUT2D eigenvalue weighted by Crippen LogP contribution is 2.32. The number of unbranched alkanes of at least 4 members (excludes halogenated alkanes) is 2. The fraction of sp³-hybridized carbons (Fsp3) is 0.778. The summed E-state index contributed by atoms with van der Waals surface area (Å²) in [4.78, 5) is 0. The fourth-order valence-corrected chi connectivity index (χ4v) is 1.16. The van der Waals surface area contributed by atoms with E-state index in [4.69, 9.17) is 0 Å². The zero-order valence-electron chi connectivity index (χ0n) is 6.48. The van der Waals surface area contributed by atoms with E-state index in [9.17, 15) is 0 Å². The van der Waals surface area contributed by atoms with Gasteiger partial charge in [-0.3, -0.25) is 0 Å². The highest BCUT2D eigenvalue weighted by atomic mass is 14.2. The molecule has 1 atom stereocenters. The van der Waals surface area contributed by atoms with Gasteiger partial charge < -0.3 is 0 Å². The van der Waals surface area contributed by atoms with Gasteiger partial charge in [0.15, 0.2) is 0 Å². The number of hydrogen-bond donors (Lipinski definition) is 0. The molecule has 0 saturated carbocycles. The van der Waals surface area contributed by atoms with Gasteiger partial charge in [0.25, 0.3) is 0 Å². The minimum Gasteiger partial charge on any atom is -0.0778 e. The molecule has 1 aliphatic rings. The monoisotopic (exact) mass is 124 g/mol. The summed E-state index contributed by atoms with van der Waals surface area (Å²) < 4.78 is 0. The Morgan fingerprint density at radius 2 is 2.11 bits per heavy atom. The van der Waals surface area contributed by atoms with E-state index in [1.165, 1.54) is 25.7 Å². The Hall–Kier alpha value is -0.260. The predicted octanol–water partition coefficient (Wildman–Crippen LogP) is 3.14. The molecule has 1 unspecified atom stereocenters. The molecule has 0 radical (unpaired) electrons. The lowest BCUT2D eigenvalue weighted by Gasteiger charge is -1.92. The van der Waals surface area contributed by atoms with Crippen LogP contribution in [0.3, 0.4) is 0 Å². The van der Waals surface area contributed by atoms with E-state index in [1.54, 1.807) is 5.57 Å². The molecule has 0 heterocycles. The molecule has 0 amide bonds. The summed E-state index contributed by atoms with van der Waals surface area (Å²) in [5.74, 6) is 0.863. The van der Waals surface area contributed by atoms with Gasteiger partial charge in [-0.2, -0.15) is 0 Å². The average molecular weight is 124 g/mol. The van der Waals surface area contributed by atoms with Crippen LogP contribution in [0.4, 0.5) is 0 Å². The van der Waals surface area contributed by atoms with E-state index < -0.39 is 0 Å². The van der Waals surface area contributed by atoms with Crippen molar-refractivity contribution in [3.8, 4) is 0 Å². The van der Waals surface area contributed by atoms with Crippen molar-refractivity contribution in [2.24, 2.45) is 5.92 Å². The molecule has 0 bridgehead atoms. The molecule has 1 aliphatic carbocycles. The Morgan fingerprint density at radius 1 is 1.44 bits per heavy atom. The first-order valence-electron chi connectivity index (χ1n) is 4.05. The van der Waals surface area contributed by atoms with Crippen molar-refractivity contribution in [2.75, 3.05) is 0 Å². The number of allylic oxidation sites excluding steroid dienone is 2. The Bertz CT molecular complexity index is 111. The van der Waals surface area contributed by atoms with Gasteiger partial charge in [-0.15, -0.1) is 0 Å². The van der Waals surface area contributed by atoms with Crippen LogP contribution in [0.15, 0.2) is 11.6 Å². The molecular formula is C9H16. The standard InChI is InChI=1S/C9H16/c1-3-4-5-6-9-7-8(9)2/h7-8H,3-6H2,1-2H3. The Morgan fingerprint density at radius 3 is 2.56 bits per heavy atom. The van der Waals surface area contributed by atoms with Crippen molar-refractivity contribution in [1.29, 1.82) is 0 Å². The van der Waals surface area contributed by atoms with Gasteiger partial charge >= 0.3 is 0 Å². The molecule has 0 nitrogen and oxygen atoms in total. The van der Waals surface area contributed by atoms with Crippen LogP contribution < -0.4 is 0 Å². The van der Waals surface area contributed by atoms with Crippen LogP contribution in [0.1, 0.15) is 39.5 Å². The van der Waals surface area contributed by atoms with E-state index in [2.05, 4.69) is 19.9 Å². The van der Waals surface area contributed by atoms with Gasteiger partial charge in [0.2, 0.25) is 0 Å². The zero-order chi connectivity index (χ0) is 6.69. The van der Waals surface area contributed by atoms with Gasteiger partial charge in [0, 0.05) is 0 Å². The maximum absolute atomic E-state index is 2.37. The number of rotatable bonds is 4. The fourth-order valence-electron chi connectivity index (χ4n) is 1.16. The lowest BCUT2D eigenvalue weighted by molar-refractivity contribution is 0.709. The third-order valence-corrected chi connectivity index (χ3v) is 2.01. The summed E-state index contributed by atoms with van der Waals surface area (Å²) in [7, 11) is 0. The molecule has 0 saturated heterocycles. The first kappa shape index (κ1) is 6.85. The van der Waals surface area contributed by atoms with E-state index >= 15 is 0 Å². The Balaban J connectivity index is 1.89. The van der Waals surface area contributed by atoms with Crippen LogP contribution in [0.2, 0.25) is 0 Å². The molecule has 0 N–H and O–H groups in total. The highest BCUT2D eigenvalue weighted by Gasteiger charge is 2.16. The summed E-state index contributed by atoms with van der Waals surface area (Å²) in [5, 5.41) is 0. The van der Waals surface area contributed by atoms with Crippen molar-refractivity contribution < 1.29 is 0 Å². The van der Waals surface area contributed by atoms with Gasteiger partial charge in [-0.1, -0.05) is 38.3 Å². The summed E-state index contributed by atoms with van der Waals surface area (Å²) in [6, 6.07) is 0. The van der Waals surface area contributed by atoms with Crippen molar-refractivity contribution in [1.82, 2.24) is 0 Å². The first-order valence-corrected chi connectivity index (χ1v) is 4.05. The maximum Gasteiger partial charge on any atom is -0.00486 e. The van der Waals surface area contributed by atoms with Crippen LogP contribution in [0.25, 0.3) is 0 Å². The molecule has 9 heavy (non-hydrogen) atoms. The molecule has 0 spiro atoms. The maximum atomic E-state index is 2.37. The molecule has 0 heteroatoms.